The van der Waals surface area contributed by atoms with Crippen LogP contribution in [-0.4, -0.2) is 22.5 Å². The van der Waals surface area contributed by atoms with Crippen LogP contribution in [0.3, 0.4) is 0 Å². The van der Waals surface area contributed by atoms with E-state index in [1.54, 1.807) is 11.3 Å². The van der Waals surface area contributed by atoms with Crippen molar-refractivity contribution in [1.29, 1.82) is 0 Å². The quantitative estimate of drug-likeness (QED) is 0.785. The summed E-state index contributed by atoms with van der Waals surface area (Å²) in [6.07, 6.45) is 4.43. The summed E-state index contributed by atoms with van der Waals surface area (Å²) < 4.78 is 6.86. The van der Waals surface area contributed by atoms with Gasteiger partial charge in [0.05, 0.1) is 6.61 Å². The SMILES string of the molecule is CCOc1ccc(Br)cc1CN(Cc1cnc(N)s1)C1CC1. The van der Waals surface area contributed by atoms with Crippen LogP contribution in [0.2, 0.25) is 0 Å². The first-order valence-corrected chi connectivity index (χ1v) is 9.12. The lowest BCUT2D eigenvalue weighted by Gasteiger charge is -2.22. The summed E-state index contributed by atoms with van der Waals surface area (Å²) in [7, 11) is 0. The molecule has 1 aromatic heterocycles. The molecular formula is C16H20BrN3OS. The monoisotopic (exact) mass is 381 g/mol. The number of hydrogen-bond acceptors (Lipinski definition) is 5. The number of hydrogen-bond donors (Lipinski definition) is 1. The molecule has 1 aliphatic rings. The Balaban J connectivity index is 1.77. The van der Waals surface area contributed by atoms with Gasteiger partial charge >= 0.3 is 0 Å². The average molecular weight is 382 g/mol. The number of halogens is 1. The Morgan fingerprint density at radius 3 is 2.86 bits per heavy atom. The molecule has 2 aromatic rings. The highest BCUT2D eigenvalue weighted by atomic mass is 79.9. The minimum atomic E-state index is 0.642. The zero-order chi connectivity index (χ0) is 15.5. The van der Waals surface area contributed by atoms with Gasteiger partial charge in [-0.2, -0.15) is 0 Å². The van der Waals surface area contributed by atoms with Crippen LogP contribution in [-0.2, 0) is 13.1 Å². The summed E-state index contributed by atoms with van der Waals surface area (Å²) in [4.78, 5) is 7.87. The van der Waals surface area contributed by atoms with E-state index in [2.05, 4.69) is 31.9 Å². The number of aromatic nitrogens is 1. The number of rotatable bonds is 7. The van der Waals surface area contributed by atoms with Gasteiger partial charge in [0, 0.05) is 40.2 Å². The number of nitrogens with zero attached hydrogens (tertiary/aromatic N) is 2. The number of anilines is 1. The topological polar surface area (TPSA) is 51.4 Å². The molecule has 1 heterocycles. The normalized spacial score (nSPS) is 14.5. The molecule has 1 fully saturated rings. The molecule has 1 aliphatic carbocycles. The van der Waals surface area contributed by atoms with Crippen LogP contribution in [0.25, 0.3) is 0 Å². The fourth-order valence-electron chi connectivity index (χ4n) is 2.54. The minimum absolute atomic E-state index is 0.642. The minimum Gasteiger partial charge on any atom is -0.494 e. The van der Waals surface area contributed by atoms with E-state index in [1.165, 1.54) is 23.3 Å². The number of nitrogen functional groups attached to an aromatic ring is 1. The molecule has 0 bridgehead atoms. The van der Waals surface area contributed by atoms with Gasteiger partial charge in [0.15, 0.2) is 5.13 Å². The lowest BCUT2D eigenvalue weighted by atomic mass is 10.2. The van der Waals surface area contributed by atoms with E-state index in [0.717, 1.165) is 23.3 Å². The third-order valence-electron chi connectivity index (χ3n) is 3.69. The van der Waals surface area contributed by atoms with Crippen LogP contribution >= 0.6 is 27.3 Å². The van der Waals surface area contributed by atoms with Crippen LogP contribution in [0.4, 0.5) is 5.13 Å². The number of thiazole rings is 1. The standard InChI is InChI=1S/C16H20BrN3OS/c1-2-21-15-6-3-12(17)7-11(15)9-20(13-4-5-13)10-14-8-19-16(18)22-14/h3,6-8,13H,2,4-5,9-10H2,1H3,(H2,18,19). The van der Waals surface area contributed by atoms with Crippen LogP contribution in [0.1, 0.15) is 30.2 Å². The molecule has 0 saturated heterocycles. The highest BCUT2D eigenvalue weighted by Crippen LogP contribution is 2.33. The van der Waals surface area contributed by atoms with E-state index in [4.69, 9.17) is 10.5 Å². The van der Waals surface area contributed by atoms with Crippen molar-refractivity contribution in [3.8, 4) is 5.75 Å². The summed E-state index contributed by atoms with van der Waals surface area (Å²) in [6, 6.07) is 6.89. The van der Waals surface area contributed by atoms with E-state index >= 15 is 0 Å². The van der Waals surface area contributed by atoms with Gasteiger partial charge in [0.25, 0.3) is 0 Å². The average Bonchev–Trinajstić information content (AvgIpc) is 3.25. The van der Waals surface area contributed by atoms with Crippen molar-refractivity contribution in [2.75, 3.05) is 12.3 Å². The maximum atomic E-state index is 5.77. The molecule has 1 aromatic carbocycles. The second-order valence-electron chi connectivity index (χ2n) is 5.49. The fraction of sp³-hybridized carbons (Fsp3) is 0.438. The molecule has 0 atom stereocenters. The van der Waals surface area contributed by atoms with Crippen molar-refractivity contribution >= 4 is 32.4 Å². The molecule has 6 heteroatoms. The Morgan fingerprint density at radius 1 is 1.41 bits per heavy atom. The van der Waals surface area contributed by atoms with Gasteiger partial charge < -0.3 is 10.5 Å². The number of benzene rings is 1. The van der Waals surface area contributed by atoms with Crippen molar-refractivity contribution in [3.05, 3.63) is 39.3 Å². The van der Waals surface area contributed by atoms with E-state index < -0.39 is 0 Å². The van der Waals surface area contributed by atoms with E-state index in [0.29, 0.717) is 17.8 Å². The molecule has 118 valence electrons. The lowest BCUT2D eigenvalue weighted by molar-refractivity contribution is 0.241. The van der Waals surface area contributed by atoms with Crippen LogP contribution < -0.4 is 10.5 Å². The molecule has 0 unspecified atom stereocenters. The maximum Gasteiger partial charge on any atom is 0.180 e. The summed E-state index contributed by atoms with van der Waals surface area (Å²) in [6.45, 7) is 4.49. The van der Waals surface area contributed by atoms with Gasteiger partial charge in [-0.05, 0) is 38.0 Å². The second kappa shape index (κ2) is 6.98. The summed E-state index contributed by atoms with van der Waals surface area (Å²) in [5.41, 5.74) is 6.97. The molecule has 1 saturated carbocycles. The van der Waals surface area contributed by atoms with Crippen molar-refractivity contribution < 1.29 is 4.74 Å². The smallest absolute Gasteiger partial charge is 0.180 e. The highest BCUT2D eigenvalue weighted by molar-refractivity contribution is 9.10. The van der Waals surface area contributed by atoms with Gasteiger partial charge in [0.1, 0.15) is 5.75 Å². The van der Waals surface area contributed by atoms with Gasteiger partial charge in [0.2, 0.25) is 0 Å². The Labute approximate surface area is 143 Å². The number of nitrogens with two attached hydrogens (primary N) is 1. The summed E-state index contributed by atoms with van der Waals surface area (Å²) in [5.74, 6) is 0.972. The first-order chi connectivity index (χ1) is 10.7. The Kier molecular flexibility index (Phi) is 5.00. The second-order valence-corrected chi connectivity index (χ2v) is 7.55. The van der Waals surface area contributed by atoms with Gasteiger partial charge in [-0.15, -0.1) is 11.3 Å². The Morgan fingerprint density at radius 2 is 2.23 bits per heavy atom. The van der Waals surface area contributed by atoms with E-state index in [9.17, 15) is 0 Å². The highest BCUT2D eigenvalue weighted by Gasteiger charge is 2.30. The fourth-order valence-corrected chi connectivity index (χ4v) is 3.65. The predicted octanol–water partition coefficient (Wildman–Crippen LogP) is 4.05. The van der Waals surface area contributed by atoms with Crippen LogP contribution in [0.5, 0.6) is 5.75 Å². The Hall–Kier alpha value is -1.11. The largest absolute Gasteiger partial charge is 0.494 e. The Bertz CT molecular complexity index is 642. The molecular weight excluding hydrogens is 362 g/mol. The molecule has 0 radical (unpaired) electrons. The zero-order valence-corrected chi connectivity index (χ0v) is 15.0. The van der Waals surface area contributed by atoms with Gasteiger partial charge in [-0.25, -0.2) is 4.98 Å². The molecule has 22 heavy (non-hydrogen) atoms. The van der Waals surface area contributed by atoms with Gasteiger partial charge in [-0.1, -0.05) is 15.9 Å². The molecule has 0 amide bonds. The zero-order valence-electron chi connectivity index (χ0n) is 12.6. The molecule has 4 nitrogen and oxygen atoms in total. The van der Waals surface area contributed by atoms with Crippen molar-refractivity contribution in [2.45, 2.75) is 38.9 Å². The lowest BCUT2D eigenvalue weighted by Crippen LogP contribution is -2.25. The van der Waals surface area contributed by atoms with Crippen molar-refractivity contribution in [1.82, 2.24) is 9.88 Å². The third-order valence-corrected chi connectivity index (χ3v) is 4.99. The molecule has 2 N–H and O–H groups in total. The van der Waals surface area contributed by atoms with E-state index in [-0.39, 0.29) is 0 Å². The van der Waals surface area contributed by atoms with Crippen LogP contribution in [0, 0.1) is 0 Å². The number of ether oxygens (including phenoxy) is 1. The molecule has 3 rings (SSSR count). The summed E-state index contributed by atoms with van der Waals surface area (Å²) >= 11 is 5.14. The predicted molar refractivity (Wildman–Crippen MR) is 94.1 cm³/mol. The summed E-state index contributed by atoms with van der Waals surface area (Å²) in [5, 5.41) is 0.642. The first-order valence-electron chi connectivity index (χ1n) is 7.51. The maximum absolute atomic E-state index is 5.77. The first kappa shape index (κ1) is 15.8. The third kappa shape index (κ3) is 4.00. The van der Waals surface area contributed by atoms with E-state index in [1.807, 2.05) is 25.3 Å². The van der Waals surface area contributed by atoms with Crippen molar-refractivity contribution in [2.24, 2.45) is 0 Å². The molecule has 0 spiro atoms. The van der Waals surface area contributed by atoms with Crippen molar-refractivity contribution in [3.63, 3.8) is 0 Å². The van der Waals surface area contributed by atoms with Crippen LogP contribution in [0.15, 0.2) is 28.9 Å². The van der Waals surface area contributed by atoms with Gasteiger partial charge in [-0.3, -0.25) is 4.90 Å². The molecule has 0 aliphatic heterocycles.